The minimum atomic E-state index is -1.21. The summed E-state index contributed by atoms with van der Waals surface area (Å²) in [6.45, 7) is 1.63. The fraction of sp³-hybridized carbons (Fsp3) is 0.500. The molecule has 0 spiro atoms. The molecule has 2 N–H and O–H groups in total. The number of ether oxygens (including phenoxy) is 1. The van der Waals surface area contributed by atoms with E-state index in [0.29, 0.717) is 12.5 Å². The van der Waals surface area contributed by atoms with Gasteiger partial charge in [-0.2, -0.15) is 0 Å². The first-order valence-corrected chi connectivity index (χ1v) is 3.82. The Morgan fingerprint density at radius 3 is 2.54 bits per heavy atom. The number of aliphatic hydroxyl groups is 1. The van der Waals surface area contributed by atoms with E-state index in [0.717, 1.165) is 6.08 Å². The number of aliphatic hydroxyl groups excluding tert-OH is 1. The minimum absolute atomic E-state index is 0.112. The van der Waals surface area contributed by atoms with Crippen LogP contribution in [0.25, 0.3) is 0 Å². The van der Waals surface area contributed by atoms with E-state index >= 15 is 0 Å². The third kappa shape index (κ3) is 7.02. The molecule has 0 heterocycles. The van der Waals surface area contributed by atoms with E-state index in [2.05, 4.69) is 4.74 Å². The molecule has 0 aromatic heterocycles. The van der Waals surface area contributed by atoms with Crippen LogP contribution in [0.15, 0.2) is 12.2 Å². The third-order valence-corrected chi connectivity index (χ3v) is 1.25. The van der Waals surface area contributed by atoms with Crippen molar-refractivity contribution >= 4 is 11.9 Å². The first kappa shape index (κ1) is 11.6. The topological polar surface area (TPSA) is 83.8 Å². The van der Waals surface area contributed by atoms with Gasteiger partial charge in [-0.05, 0) is 6.42 Å². The van der Waals surface area contributed by atoms with Gasteiger partial charge < -0.3 is 14.9 Å². The highest BCUT2D eigenvalue weighted by Gasteiger charge is 2.03. The number of carbonyl (C=O) groups is 2. The molecule has 1 unspecified atom stereocenters. The van der Waals surface area contributed by atoms with Crippen molar-refractivity contribution in [3.63, 3.8) is 0 Å². The number of carboxylic acid groups (broad SMARTS) is 1. The normalized spacial score (nSPS) is 12.8. The van der Waals surface area contributed by atoms with Crippen LogP contribution < -0.4 is 0 Å². The van der Waals surface area contributed by atoms with Crippen molar-refractivity contribution in [1.29, 1.82) is 0 Å². The van der Waals surface area contributed by atoms with Crippen LogP contribution in [0.2, 0.25) is 0 Å². The maximum Gasteiger partial charge on any atom is 0.331 e. The summed E-state index contributed by atoms with van der Waals surface area (Å²) in [7, 11) is 0. The maximum atomic E-state index is 10.7. The lowest BCUT2D eigenvalue weighted by atomic mass is 10.3. The van der Waals surface area contributed by atoms with Crippen molar-refractivity contribution < 1.29 is 24.5 Å². The van der Waals surface area contributed by atoms with Crippen LogP contribution in [0.4, 0.5) is 0 Å². The van der Waals surface area contributed by atoms with Crippen LogP contribution in [0.1, 0.15) is 13.3 Å². The highest BCUT2D eigenvalue weighted by atomic mass is 16.5. The Bertz CT molecular complexity index is 209. The lowest BCUT2D eigenvalue weighted by Crippen LogP contribution is -2.16. The summed E-state index contributed by atoms with van der Waals surface area (Å²) in [4.78, 5) is 20.6. The number of rotatable bonds is 5. The Labute approximate surface area is 75.6 Å². The zero-order valence-electron chi connectivity index (χ0n) is 7.27. The molecule has 5 nitrogen and oxygen atoms in total. The van der Waals surface area contributed by atoms with E-state index in [4.69, 9.17) is 10.2 Å². The van der Waals surface area contributed by atoms with Crippen molar-refractivity contribution in [2.24, 2.45) is 0 Å². The Morgan fingerprint density at radius 2 is 2.08 bits per heavy atom. The van der Waals surface area contributed by atoms with E-state index in [1.165, 1.54) is 0 Å². The largest absolute Gasteiger partial charge is 0.478 e. The number of esters is 1. The Balaban J connectivity index is 3.69. The van der Waals surface area contributed by atoms with E-state index in [9.17, 15) is 9.59 Å². The van der Waals surface area contributed by atoms with Gasteiger partial charge in [0.2, 0.25) is 0 Å². The fourth-order valence-corrected chi connectivity index (χ4v) is 0.484. The van der Waals surface area contributed by atoms with Crippen molar-refractivity contribution in [1.82, 2.24) is 0 Å². The molecule has 13 heavy (non-hydrogen) atoms. The standard InChI is InChI=1S/C8H12O5/c1-2-6(9)5-13-8(12)4-3-7(10)11/h3-4,6,9H,2,5H2,1H3,(H,10,11). The average molecular weight is 188 g/mol. The van der Waals surface area contributed by atoms with Crippen LogP contribution in [-0.4, -0.2) is 34.9 Å². The molecule has 0 aromatic carbocycles. The van der Waals surface area contributed by atoms with Crippen molar-refractivity contribution in [3.8, 4) is 0 Å². The second kappa shape index (κ2) is 6.19. The molecule has 5 heteroatoms. The fourth-order valence-electron chi connectivity index (χ4n) is 0.484. The summed E-state index contributed by atoms with van der Waals surface area (Å²) < 4.78 is 4.51. The molecule has 0 radical (unpaired) electrons. The van der Waals surface area contributed by atoms with Gasteiger partial charge in [0.25, 0.3) is 0 Å². The Morgan fingerprint density at radius 1 is 1.46 bits per heavy atom. The number of carboxylic acids is 1. The van der Waals surface area contributed by atoms with Gasteiger partial charge in [-0.15, -0.1) is 0 Å². The van der Waals surface area contributed by atoms with E-state index in [1.807, 2.05) is 0 Å². The lowest BCUT2D eigenvalue weighted by Gasteiger charge is -2.06. The van der Waals surface area contributed by atoms with Gasteiger partial charge in [0, 0.05) is 12.2 Å². The predicted octanol–water partition coefficient (Wildman–Crippen LogP) is -0.0587. The van der Waals surface area contributed by atoms with E-state index in [-0.39, 0.29) is 6.61 Å². The number of carbonyl (C=O) groups excluding carboxylic acids is 1. The quantitative estimate of drug-likeness (QED) is 0.466. The van der Waals surface area contributed by atoms with Gasteiger partial charge in [0.1, 0.15) is 6.61 Å². The zero-order chi connectivity index (χ0) is 10.3. The third-order valence-electron chi connectivity index (χ3n) is 1.25. The molecule has 0 aliphatic rings. The molecule has 0 amide bonds. The highest BCUT2D eigenvalue weighted by Crippen LogP contribution is 1.91. The van der Waals surface area contributed by atoms with Gasteiger partial charge in [-0.25, -0.2) is 9.59 Å². The second-order valence-corrected chi connectivity index (χ2v) is 2.36. The van der Waals surface area contributed by atoms with Crippen LogP contribution in [-0.2, 0) is 14.3 Å². The molecule has 1 atom stereocenters. The molecule has 0 aliphatic heterocycles. The number of hydrogen-bond donors (Lipinski definition) is 2. The first-order valence-electron chi connectivity index (χ1n) is 3.82. The second-order valence-electron chi connectivity index (χ2n) is 2.36. The van der Waals surface area contributed by atoms with Crippen LogP contribution in [0, 0.1) is 0 Å². The molecule has 0 fully saturated rings. The van der Waals surface area contributed by atoms with Gasteiger partial charge in [-0.1, -0.05) is 6.92 Å². The van der Waals surface area contributed by atoms with Gasteiger partial charge >= 0.3 is 11.9 Å². The van der Waals surface area contributed by atoms with Crippen LogP contribution >= 0.6 is 0 Å². The smallest absolute Gasteiger partial charge is 0.331 e. The van der Waals surface area contributed by atoms with Crippen LogP contribution in [0.5, 0.6) is 0 Å². The highest BCUT2D eigenvalue weighted by molar-refractivity contribution is 5.90. The molecule has 0 aromatic rings. The summed E-state index contributed by atoms with van der Waals surface area (Å²) in [5.41, 5.74) is 0. The average Bonchev–Trinajstić information content (AvgIpc) is 2.10. The van der Waals surface area contributed by atoms with Crippen molar-refractivity contribution in [2.75, 3.05) is 6.61 Å². The molecule has 0 saturated heterocycles. The van der Waals surface area contributed by atoms with Gasteiger partial charge in [0.15, 0.2) is 0 Å². The van der Waals surface area contributed by atoms with Crippen LogP contribution in [0.3, 0.4) is 0 Å². The van der Waals surface area contributed by atoms with Gasteiger partial charge in [-0.3, -0.25) is 0 Å². The molecule has 0 bridgehead atoms. The maximum absolute atomic E-state index is 10.7. The summed E-state index contributed by atoms with van der Waals surface area (Å²) in [6.07, 6.45) is 1.27. The monoisotopic (exact) mass is 188 g/mol. The summed E-state index contributed by atoms with van der Waals surface area (Å²) in [5, 5.41) is 17.1. The molecule has 0 aliphatic carbocycles. The number of aliphatic carboxylic acids is 1. The summed E-state index contributed by atoms with van der Waals surface area (Å²) >= 11 is 0. The predicted molar refractivity (Wildman–Crippen MR) is 44.0 cm³/mol. The zero-order valence-corrected chi connectivity index (χ0v) is 7.27. The molecular formula is C8H12O5. The van der Waals surface area contributed by atoms with E-state index in [1.54, 1.807) is 6.92 Å². The number of hydrogen-bond acceptors (Lipinski definition) is 4. The van der Waals surface area contributed by atoms with Crippen molar-refractivity contribution in [2.45, 2.75) is 19.4 Å². The molecule has 0 saturated carbocycles. The molecule has 74 valence electrons. The summed E-state index contributed by atoms with van der Waals surface area (Å²) in [6, 6.07) is 0. The lowest BCUT2D eigenvalue weighted by molar-refractivity contribution is -0.141. The minimum Gasteiger partial charge on any atom is -0.478 e. The Kier molecular flexibility index (Phi) is 5.54. The van der Waals surface area contributed by atoms with E-state index < -0.39 is 18.0 Å². The van der Waals surface area contributed by atoms with Gasteiger partial charge in [0.05, 0.1) is 6.10 Å². The first-order chi connectivity index (χ1) is 6.06. The molecule has 0 rings (SSSR count). The molecular weight excluding hydrogens is 176 g/mol. The SMILES string of the molecule is CCC(O)COC(=O)C=CC(=O)O. The Hall–Kier alpha value is -1.36. The van der Waals surface area contributed by atoms with Crippen molar-refractivity contribution in [3.05, 3.63) is 12.2 Å². The summed E-state index contributed by atoms with van der Waals surface area (Å²) in [5.74, 6) is -1.98.